The average molecular weight is 226 g/mol. The Kier molecular flexibility index (Phi) is 3.39. The fourth-order valence-electron chi connectivity index (χ4n) is 2.31. The molecule has 3 nitrogen and oxygen atoms in total. The van der Waals surface area contributed by atoms with Gasteiger partial charge in [-0.2, -0.15) is 0 Å². The molecular formula is C13H26N2O. The maximum absolute atomic E-state index is 11.9. The van der Waals surface area contributed by atoms with Crippen molar-refractivity contribution in [1.82, 2.24) is 5.32 Å². The van der Waals surface area contributed by atoms with Gasteiger partial charge in [0.2, 0.25) is 5.91 Å². The Morgan fingerprint density at radius 3 is 2.06 bits per heavy atom. The second kappa shape index (κ2) is 4.02. The summed E-state index contributed by atoms with van der Waals surface area (Å²) in [5, 5.41) is 3.09. The predicted molar refractivity (Wildman–Crippen MR) is 66.9 cm³/mol. The van der Waals surface area contributed by atoms with Gasteiger partial charge in [-0.3, -0.25) is 4.79 Å². The summed E-state index contributed by atoms with van der Waals surface area (Å²) >= 11 is 0. The Bertz CT molecular complexity index is 270. The maximum Gasteiger partial charge on any atom is 0.237 e. The lowest BCUT2D eigenvalue weighted by molar-refractivity contribution is -0.123. The highest BCUT2D eigenvalue weighted by Gasteiger charge is 2.65. The van der Waals surface area contributed by atoms with E-state index in [9.17, 15) is 4.79 Å². The Morgan fingerprint density at radius 1 is 1.31 bits per heavy atom. The van der Waals surface area contributed by atoms with E-state index in [0.717, 1.165) is 6.42 Å². The molecule has 0 bridgehead atoms. The van der Waals surface area contributed by atoms with E-state index in [-0.39, 0.29) is 34.7 Å². The third-order valence-electron chi connectivity index (χ3n) is 4.87. The monoisotopic (exact) mass is 226 g/mol. The van der Waals surface area contributed by atoms with E-state index in [1.165, 1.54) is 0 Å². The SMILES string of the molecule is CC[C@H](C)[C@H](N)C(=O)NC1C(C)(C)C1(C)C. The molecule has 1 aliphatic rings. The van der Waals surface area contributed by atoms with Gasteiger partial charge in [0.05, 0.1) is 6.04 Å². The van der Waals surface area contributed by atoms with Crippen molar-refractivity contribution < 1.29 is 4.79 Å². The molecule has 0 unspecified atom stereocenters. The van der Waals surface area contributed by atoms with E-state index in [1.807, 2.05) is 6.92 Å². The molecule has 0 radical (unpaired) electrons. The van der Waals surface area contributed by atoms with Crippen LogP contribution in [0.25, 0.3) is 0 Å². The van der Waals surface area contributed by atoms with Crippen LogP contribution in [0.3, 0.4) is 0 Å². The molecule has 0 aromatic heterocycles. The lowest BCUT2D eigenvalue weighted by Crippen LogP contribution is -2.46. The minimum atomic E-state index is -0.378. The highest BCUT2D eigenvalue weighted by atomic mass is 16.2. The zero-order valence-corrected chi connectivity index (χ0v) is 11.4. The summed E-state index contributed by atoms with van der Waals surface area (Å²) in [5.41, 5.74) is 6.27. The number of carbonyl (C=O) groups excluding carboxylic acids is 1. The molecule has 1 saturated carbocycles. The van der Waals surface area contributed by atoms with E-state index in [4.69, 9.17) is 5.73 Å². The molecule has 3 heteroatoms. The molecule has 94 valence electrons. The number of hydrogen-bond donors (Lipinski definition) is 2. The van der Waals surface area contributed by atoms with Crippen LogP contribution < -0.4 is 11.1 Å². The van der Waals surface area contributed by atoms with Crippen LogP contribution in [0.5, 0.6) is 0 Å². The summed E-state index contributed by atoms with van der Waals surface area (Å²) in [5.74, 6) is 0.239. The molecule has 0 saturated heterocycles. The van der Waals surface area contributed by atoms with Gasteiger partial charge in [-0.1, -0.05) is 48.0 Å². The van der Waals surface area contributed by atoms with Crippen molar-refractivity contribution in [2.75, 3.05) is 0 Å². The van der Waals surface area contributed by atoms with Crippen LogP contribution in [0, 0.1) is 16.7 Å². The average Bonchev–Trinajstić information content (AvgIpc) is 2.58. The predicted octanol–water partition coefficient (Wildman–Crippen LogP) is 1.91. The third-order valence-corrected chi connectivity index (χ3v) is 4.87. The summed E-state index contributed by atoms with van der Waals surface area (Å²) in [4.78, 5) is 11.9. The molecule has 0 aromatic rings. The number of nitrogens with two attached hydrogens (primary N) is 1. The van der Waals surface area contributed by atoms with Crippen molar-refractivity contribution in [3.05, 3.63) is 0 Å². The van der Waals surface area contributed by atoms with Crippen LogP contribution in [0.1, 0.15) is 48.0 Å². The van der Waals surface area contributed by atoms with Gasteiger partial charge < -0.3 is 11.1 Å². The van der Waals surface area contributed by atoms with E-state index in [2.05, 4.69) is 39.9 Å². The van der Waals surface area contributed by atoms with Gasteiger partial charge in [0.1, 0.15) is 0 Å². The summed E-state index contributed by atoms with van der Waals surface area (Å²) in [6.07, 6.45) is 0.937. The van der Waals surface area contributed by atoms with Gasteiger partial charge in [-0.25, -0.2) is 0 Å². The molecule has 0 spiro atoms. The van der Waals surface area contributed by atoms with Crippen molar-refractivity contribution in [3.8, 4) is 0 Å². The first-order valence-electron chi connectivity index (χ1n) is 6.22. The van der Waals surface area contributed by atoms with E-state index in [1.54, 1.807) is 0 Å². The quantitative estimate of drug-likeness (QED) is 0.769. The molecule has 0 aromatic carbocycles. The van der Waals surface area contributed by atoms with Crippen LogP contribution >= 0.6 is 0 Å². The minimum Gasteiger partial charge on any atom is -0.351 e. The van der Waals surface area contributed by atoms with Crippen LogP contribution in [-0.2, 0) is 4.79 Å². The smallest absolute Gasteiger partial charge is 0.237 e. The van der Waals surface area contributed by atoms with Gasteiger partial charge in [-0.15, -0.1) is 0 Å². The van der Waals surface area contributed by atoms with Crippen LogP contribution in [-0.4, -0.2) is 18.0 Å². The third kappa shape index (κ3) is 1.97. The summed E-state index contributed by atoms with van der Waals surface area (Å²) in [7, 11) is 0. The highest BCUT2D eigenvalue weighted by molar-refractivity contribution is 5.82. The number of hydrogen-bond acceptors (Lipinski definition) is 2. The lowest BCUT2D eigenvalue weighted by Gasteiger charge is -2.18. The molecular weight excluding hydrogens is 200 g/mol. The zero-order valence-electron chi connectivity index (χ0n) is 11.4. The molecule has 1 amide bonds. The fourth-order valence-corrected chi connectivity index (χ4v) is 2.31. The van der Waals surface area contributed by atoms with Crippen molar-refractivity contribution in [2.45, 2.75) is 60.0 Å². The molecule has 3 N–H and O–H groups in total. The first-order chi connectivity index (χ1) is 7.16. The van der Waals surface area contributed by atoms with Gasteiger partial charge in [0.25, 0.3) is 0 Å². The molecule has 1 aliphatic carbocycles. The number of nitrogens with one attached hydrogen (secondary N) is 1. The van der Waals surface area contributed by atoms with Crippen molar-refractivity contribution in [2.24, 2.45) is 22.5 Å². The summed E-state index contributed by atoms with van der Waals surface area (Å²) in [6.45, 7) is 12.8. The topological polar surface area (TPSA) is 55.1 Å². The van der Waals surface area contributed by atoms with Crippen LogP contribution in [0.4, 0.5) is 0 Å². The van der Waals surface area contributed by atoms with Crippen molar-refractivity contribution >= 4 is 5.91 Å². The number of carbonyl (C=O) groups is 1. The fraction of sp³-hybridized carbons (Fsp3) is 0.923. The molecule has 2 atom stereocenters. The van der Waals surface area contributed by atoms with Crippen LogP contribution in [0.2, 0.25) is 0 Å². The van der Waals surface area contributed by atoms with E-state index in [0.29, 0.717) is 0 Å². The van der Waals surface area contributed by atoms with E-state index < -0.39 is 0 Å². The Morgan fingerprint density at radius 2 is 1.75 bits per heavy atom. The lowest BCUT2D eigenvalue weighted by atomic mass is 9.99. The second-order valence-electron chi connectivity index (χ2n) is 6.30. The van der Waals surface area contributed by atoms with E-state index >= 15 is 0 Å². The second-order valence-corrected chi connectivity index (χ2v) is 6.30. The van der Waals surface area contributed by atoms with Crippen molar-refractivity contribution in [3.63, 3.8) is 0 Å². The Labute approximate surface area is 99.2 Å². The Hall–Kier alpha value is -0.570. The number of amides is 1. The maximum atomic E-state index is 11.9. The normalized spacial score (nSPS) is 25.9. The number of rotatable bonds is 4. The van der Waals surface area contributed by atoms with Crippen molar-refractivity contribution in [1.29, 1.82) is 0 Å². The van der Waals surface area contributed by atoms with Crippen LogP contribution in [0.15, 0.2) is 0 Å². The van der Waals surface area contributed by atoms with Gasteiger partial charge in [0.15, 0.2) is 0 Å². The Balaban J connectivity index is 2.55. The first kappa shape index (κ1) is 13.5. The minimum absolute atomic E-state index is 0.00185. The molecule has 1 fully saturated rings. The van der Waals surface area contributed by atoms with Gasteiger partial charge >= 0.3 is 0 Å². The first-order valence-corrected chi connectivity index (χ1v) is 6.22. The molecule has 16 heavy (non-hydrogen) atoms. The van der Waals surface area contributed by atoms with Gasteiger partial charge in [-0.05, 0) is 16.7 Å². The zero-order chi connectivity index (χ0) is 12.7. The molecule has 1 rings (SSSR count). The standard InChI is InChI=1S/C13H26N2O/c1-7-8(2)9(14)10(16)15-11-12(3,4)13(11,5)6/h8-9,11H,7,14H2,1-6H3,(H,15,16)/t8-,9-/m0/s1. The largest absolute Gasteiger partial charge is 0.351 e. The summed E-state index contributed by atoms with van der Waals surface area (Å²) < 4.78 is 0. The summed E-state index contributed by atoms with van der Waals surface area (Å²) in [6, 6.07) is -0.125. The highest BCUT2D eigenvalue weighted by Crippen LogP contribution is 2.62. The molecule has 0 aliphatic heterocycles. The van der Waals surface area contributed by atoms with Gasteiger partial charge in [0, 0.05) is 6.04 Å². The molecule has 0 heterocycles.